The minimum absolute atomic E-state index is 0.0847. The second-order valence-corrected chi connectivity index (χ2v) is 4.63. The summed E-state index contributed by atoms with van der Waals surface area (Å²) in [5.74, 6) is -2.76. The first-order chi connectivity index (χ1) is 8.02. The van der Waals surface area contributed by atoms with E-state index in [2.05, 4.69) is 15.9 Å². The number of aliphatic carboxylic acids is 2. The van der Waals surface area contributed by atoms with Crippen molar-refractivity contribution in [3.63, 3.8) is 0 Å². The summed E-state index contributed by atoms with van der Waals surface area (Å²) in [4.78, 5) is 22.0. The Morgan fingerprint density at radius 2 is 1.88 bits per heavy atom. The SMILES string of the molecule is O=C(O)C1=C(c2ccccc2Br)C(C(=O)O)C1. The molecule has 0 saturated carbocycles. The van der Waals surface area contributed by atoms with Gasteiger partial charge in [-0.15, -0.1) is 0 Å². The van der Waals surface area contributed by atoms with Crippen LogP contribution < -0.4 is 0 Å². The van der Waals surface area contributed by atoms with Gasteiger partial charge in [-0.3, -0.25) is 4.79 Å². The van der Waals surface area contributed by atoms with Crippen molar-refractivity contribution in [2.24, 2.45) is 5.92 Å². The summed E-state index contributed by atoms with van der Waals surface area (Å²) in [5.41, 5.74) is 1.23. The highest BCUT2D eigenvalue weighted by atomic mass is 79.9. The first-order valence-electron chi connectivity index (χ1n) is 4.96. The van der Waals surface area contributed by atoms with Crippen molar-refractivity contribution in [3.8, 4) is 0 Å². The van der Waals surface area contributed by atoms with Crippen LogP contribution in [0.2, 0.25) is 0 Å². The van der Waals surface area contributed by atoms with E-state index in [-0.39, 0.29) is 12.0 Å². The van der Waals surface area contributed by atoms with Crippen LogP contribution in [0.15, 0.2) is 34.3 Å². The number of hydrogen-bond acceptors (Lipinski definition) is 2. The molecule has 0 spiro atoms. The van der Waals surface area contributed by atoms with Crippen LogP contribution in [0.3, 0.4) is 0 Å². The molecule has 0 radical (unpaired) electrons. The maximum atomic E-state index is 11.0. The van der Waals surface area contributed by atoms with E-state index in [1.807, 2.05) is 0 Å². The Morgan fingerprint density at radius 3 is 2.41 bits per heavy atom. The molecule has 0 fully saturated rings. The molecule has 0 saturated heterocycles. The van der Waals surface area contributed by atoms with Crippen molar-refractivity contribution < 1.29 is 19.8 Å². The smallest absolute Gasteiger partial charge is 0.331 e. The predicted molar refractivity (Wildman–Crippen MR) is 64.4 cm³/mol. The van der Waals surface area contributed by atoms with Crippen LogP contribution in [-0.4, -0.2) is 22.2 Å². The fourth-order valence-electron chi connectivity index (χ4n) is 1.94. The van der Waals surface area contributed by atoms with E-state index in [0.717, 1.165) is 0 Å². The largest absolute Gasteiger partial charge is 0.481 e. The molecule has 17 heavy (non-hydrogen) atoms. The lowest BCUT2D eigenvalue weighted by molar-refractivity contribution is -0.140. The number of carbonyl (C=O) groups is 2. The molecule has 1 aliphatic carbocycles. The Kier molecular flexibility index (Phi) is 3.02. The number of carboxylic acid groups (broad SMARTS) is 2. The molecule has 0 amide bonds. The maximum absolute atomic E-state index is 11.0. The van der Waals surface area contributed by atoms with E-state index in [0.29, 0.717) is 15.6 Å². The van der Waals surface area contributed by atoms with Gasteiger partial charge < -0.3 is 10.2 Å². The third kappa shape index (κ3) is 1.98. The fraction of sp³-hybridized carbons (Fsp3) is 0.167. The molecule has 0 aromatic heterocycles. The summed E-state index contributed by atoms with van der Waals surface area (Å²) >= 11 is 3.30. The van der Waals surface area contributed by atoms with Crippen LogP contribution in [0, 0.1) is 5.92 Å². The van der Waals surface area contributed by atoms with Gasteiger partial charge in [0.15, 0.2) is 0 Å². The second-order valence-electron chi connectivity index (χ2n) is 3.77. The molecule has 5 heteroatoms. The van der Waals surface area contributed by atoms with Gasteiger partial charge in [0.2, 0.25) is 0 Å². The highest BCUT2D eigenvalue weighted by Gasteiger charge is 2.39. The molecule has 1 unspecified atom stereocenters. The zero-order valence-electron chi connectivity index (χ0n) is 8.68. The van der Waals surface area contributed by atoms with Crippen molar-refractivity contribution in [1.82, 2.24) is 0 Å². The van der Waals surface area contributed by atoms with Gasteiger partial charge in [0.25, 0.3) is 0 Å². The van der Waals surface area contributed by atoms with Gasteiger partial charge in [-0.1, -0.05) is 34.1 Å². The molecule has 1 aromatic rings. The van der Waals surface area contributed by atoms with Crippen LogP contribution in [0.5, 0.6) is 0 Å². The van der Waals surface area contributed by atoms with Crippen LogP contribution in [0.25, 0.3) is 5.57 Å². The Bertz CT molecular complexity index is 533. The van der Waals surface area contributed by atoms with Gasteiger partial charge in [-0.05, 0) is 23.6 Å². The van der Waals surface area contributed by atoms with E-state index in [1.54, 1.807) is 24.3 Å². The summed E-state index contributed by atoms with van der Waals surface area (Å²) in [6.07, 6.45) is 0.0847. The Labute approximate surface area is 106 Å². The number of hydrogen-bond donors (Lipinski definition) is 2. The molecule has 0 bridgehead atoms. The molecule has 1 aliphatic rings. The Morgan fingerprint density at radius 1 is 1.24 bits per heavy atom. The van der Waals surface area contributed by atoms with Crippen molar-refractivity contribution >= 4 is 33.4 Å². The minimum atomic E-state index is -1.05. The quantitative estimate of drug-likeness (QED) is 0.898. The topological polar surface area (TPSA) is 74.6 Å². The summed E-state index contributed by atoms with van der Waals surface area (Å²) in [6, 6.07) is 7.03. The highest BCUT2D eigenvalue weighted by Crippen LogP contribution is 2.44. The van der Waals surface area contributed by atoms with Crippen LogP contribution >= 0.6 is 15.9 Å². The molecule has 2 rings (SSSR count). The van der Waals surface area contributed by atoms with Crippen molar-refractivity contribution in [1.29, 1.82) is 0 Å². The lowest BCUT2D eigenvalue weighted by Gasteiger charge is -2.29. The lowest BCUT2D eigenvalue weighted by Crippen LogP contribution is -2.29. The normalized spacial score (nSPS) is 18.8. The third-order valence-electron chi connectivity index (χ3n) is 2.80. The number of carboxylic acids is 2. The van der Waals surface area contributed by atoms with Gasteiger partial charge in [0.05, 0.1) is 5.92 Å². The van der Waals surface area contributed by atoms with Gasteiger partial charge in [-0.2, -0.15) is 0 Å². The zero-order valence-corrected chi connectivity index (χ0v) is 10.3. The first kappa shape index (κ1) is 11.9. The lowest BCUT2D eigenvalue weighted by atomic mass is 9.74. The molecule has 2 N–H and O–H groups in total. The monoisotopic (exact) mass is 296 g/mol. The minimum Gasteiger partial charge on any atom is -0.481 e. The van der Waals surface area contributed by atoms with Crippen LogP contribution in [0.1, 0.15) is 12.0 Å². The van der Waals surface area contributed by atoms with Gasteiger partial charge >= 0.3 is 11.9 Å². The van der Waals surface area contributed by atoms with Gasteiger partial charge in [0, 0.05) is 10.0 Å². The fourth-order valence-corrected chi connectivity index (χ4v) is 2.44. The standard InChI is InChI=1S/C12H9BrO4/c13-9-4-2-1-3-6(9)10-7(11(14)15)5-8(10)12(16)17/h1-4,7H,5H2,(H,14,15)(H,16,17). The average molecular weight is 297 g/mol. The molecule has 1 atom stereocenters. The molecule has 1 aromatic carbocycles. The van der Waals surface area contributed by atoms with Gasteiger partial charge in [-0.25, -0.2) is 4.79 Å². The van der Waals surface area contributed by atoms with Crippen molar-refractivity contribution in [2.45, 2.75) is 6.42 Å². The molecular weight excluding hydrogens is 288 g/mol. The molecule has 0 heterocycles. The second kappa shape index (κ2) is 4.33. The van der Waals surface area contributed by atoms with Crippen molar-refractivity contribution in [2.75, 3.05) is 0 Å². The summed E-state index contributed by atoms with van der Waals surface area (Å²) in [5, 5.41) is 18.0. The highest BCUT2D eigenvalue weighted by molar-refractivity contribution is 9.10. The van der Waals surface area contributed by atoms with Gasteiger partial charge in [0.1, 0.15) is 0 Å². The van der Waals surface area contributed by atoms with E-state index in [9.17, 15) is 9.59 Å². The average Bonchev–Trinajstić information content (AvgIpc) is 2.18. The first-order valence-corrected chi connectivity index (χ1v) is 5.75. The Hall–Kier alpha value is -1.62. The number of rotatable bonds is 3. The molecule has 88 valence electrons. The molecular formula is C12H9BrO4. The van der Waals surface area contributed by atoms with E-state index in [1.165, 1.54) is 0 Å². The molecule has 4 nitrogen and oxygen atoms in total. The third-order valence-corrected chi connectivity index (χ3v) is 3.49. The number of halogens is 1. The molecule has 0 aliphatic heterocycles. The van der Waals surface area contributed by atoms with E-state index < -0.39 is 17.9 Å². The Balaban J connectivity index is 2.53. The van der Waals surface area contributed by atoms with Crippen molar-refractivity contribution in [3.05, 3.63) is 39.9 Å². The predicted octanol–water partition coefficient (Wildman–Crippen LogP) is 2.39. The zero-order chi connectivity index (χ0) is 12.6. The van der Waals surface area contributed by atoms with E-state index in [4.69, 9.17) is 10.2 Å². The van der Waals surface area contributed by atoms with Crippen LogP contribution in [-0.2, 0) is 9.59 Å². The maximum Gasteiger partial charge on any atom is 0.331 e. The number of benzene rings is 1. The summed E-state index contributed by atoms with van der Waals surface area (Å²) in [6.45, 7) is 0. The van der Waals surface area contributed by atoms with Crippen LogP contribution in [0.4, 0.5) is 0 Å². The summed E-state index contributed by atoms with van der Waals surface area (Å²) < 4.78 is 0.708. The van der Waals surface area contributed by atoms with E-state index >= 15 is 0 Å². The summed E-state index contributed by atoms with van der Waals surface area (Å²) in [7, 11) is 0.